The Labute approximate surface area is 158 Å². The van der Waals surface area contributed by atoms with Gasteiger partial charge in [-0.25, -0.2) is 17.8 Å². The van der Waals surface area contributed by atoms with Crippen LogP contribution in [0.3, 0.4) is 0 Å². The van der Waals surface area contributed by atoms with Crippen LogP contribution in [0.2, 0.25) is 5.02 Å². The third-order valence-corrected chi connectivity index (χ3v) is 4.81. The van der Waals surface area contributed by atoms with E-state index in [1.807, 2.05) is 10.3 Å². The van der Waals surface area contributed by atoms with Gasteiger partial charge < -0.3 is 4.57 Å². The number of hydrazine groups is 1. The highest BCUT2D eigenvalue weighted by atomic mass is 35.5. The fourth-order valence-electron chi connectivity index (χ4n) is 2.15. The molecule has 10 nitrogen and oxygen atoms in total. The zero-order valence-electron chi connectivity index (χ0n) is 14.0. The normalized spacial score (nSPS) is 11.6. The van der Waals surface area contributed by atoms with Crippen molar-refractivity contribution in [2.45, 2.75) is 5.03 Å². The van der Waals surface area contributed by atoms with Crippen LogP contribution in [0.1, 0.15) is 10.4 Å². The van der Waals surface area contributed by atoms with Gasteiger partial charge in [-0.1, -0.05) is 16.8 Å². The number of nitrogens with zero attached hydrogens (tertiary/aromatic N) is 5. The number of hydrogen-bond acceptors (Lipinski definition) is 6. The van der Waals surface area contributed by atoms with Crippen molar-refractivity contribution in [1.29, 1.82) is 0 Å². The minimum atomic E-state index is -4.17. The molecule has 2 N–H and O–H groups in total. The Hall–Kier alpha value is -2.83. The van der Waals surface area contributed by atoms with Gasteiger partial charge in [0, 0.05) is 25.9 Å². The summed E-state index contributed by atoms with van der Waals surface area (Å²) in [5.74, 6) is -2.04. The molecule has 2 heterocycles. The summed E-state index contributed by atoms with van der Waals surface area (Å²) in [6.07, 6.45) is 4.32. The largest absolute Gasteiger partial charge is 0.340 e. The monoisotopic (exact) mass is 413 g/mol. The van der Waals surface area contributed by atoms with Crippen LogP contribution < -0.4 is 10.3 Å². The number of imidazole rings is 1. The molecule has 0 aliphatic carbocycles. The third kappa shape index (κ3) is 3.97. The van der Waals surface area contributed by atoms with Gasteiger partial charge in [0.25, 0.3) is 15.9 Å². The first kappa shape index (κ1) is 18.9. The summed E-state index contributed by atoms with van der Waals surface area (Å²) in [6, 6.07) is 2.54. The molecule has 0 saturated carbocycles. The van der Waals surface area contributed by atoms with Crippen LogP contribution in [-0.4, -0.2) is 38.9 Å². The summed E-state index contributed by atoms with van der Waals surface area (Å²) in [7, 11) is -0.948. The smallest absolute Gasteiger partial charge is 0.278 e. The first-order valence-corrected chi connectivity index (χ1v) is 9.19. The van der Waals surface area contributed by atoms with Crippen molar-refractivity contribution in [3.63, 3.8) is 0 Å². The lowest BCUT2D eigenvalue weighted by Crippen LogP contribution is -2.42. The molecule has 3 rings (SSSR count). The van der Waals surface area contributed by atoms with E-state index in [0.29, 0.717) is 11.3 Å². The summed E-state index contributed by atoms with van der Waals surface area (Å²) < 4.78 is 41.2. The van der Waals surface area contributed by atoms with Crippen LogP contribution in [0.4, 0.5) is 4.39 Å². The predicted molar refractivity (Wildman–Crippen MR) is 92.4 cm³/mol. The molecule has 0 spiro atoms. The van der Waals surface area contributed by atoms with Crippen molar-refractivity contribution in [3.8, 4) is 11.3 Å². The lowest BCUT2D eigenvalue weighted by atomic mass is 10.1. The molecule has 0 aliphatic rings. The Kier molecular flexibility index (Phi) is 4.95. The lowest BCUT2D eigenvalue weighted by Gasteiger charge is -2.09. The molecule has 3 aromatic rings. The van der Waals surface area contributed by atoms with Crippen LogP contribution in [0.5, 0.6) is 0 Å². The second kappa shape index (κ2) is 7.06. The molecular weight excluding hydrogens is 401 g/mol. The summed E-state index contributed by atoms with van der Waals surface area (Å²) in [5, 5.41) is 6.20. The van der Waals surface area contributed by atoms with Crippen molar-refractivity contribution in [3.05, 3.63) is 47.3 Å². The fraction of sp³-hybridized carbons (Fsp3) is 0.143. The van der Waals surface area contributed by atoms with E-state index in [1.54, 1.807) is 17.8 Å². The first-order valence-electron chi connectivity index (χ1n) is 7.33. The molecule has 0 atom stereocenters. The van der Waals surface area contributed by atoms with Gasteiger partial charge in [-0.3, -0.25) is 14.9 Å². The van der Waals surface area contributed by atoms with Gasteiger partial charge in [0.15, 0.2) is 5.82 Å². The van der Waals surface area contributed by atoms with Gasteiger partial charge in [-0.15, -0.1) is 9.93 Å². The molecule has 142 valence electrons. The van der Waals surface area contributed by atoms with Gasteiger partial charge in [0.1, 0.15) is 0 Å². The number of benzene rings is 1. The van der Waals surface area contributed by atoms with Gasteiger partial charge >= 0.3 is 0 Å². The number of carbonyl (C=O) groups excluding carboxylic acids is 1. The Balaban J connectivity index is 1.85. The standard InChI is InChI=1S/C14H13ClFN7O3S/c1-22-5-11(17-7-22)8-3-9(13(16)10(15)4-8)14(24)19-21-27(25,26)12-6-23(2)20-18-12/h3-7,21H,1-2H3,(H,19,24). The maximum absolute atomic E-state index is 14.3. The number of nitrogens with one attached hydrogen (secondary N) is 2. The van der Waals surface area contributed by atoms with E-state index in [4.69, 9.17) is 11.6 Å². The second-order valence-electron chi connectivity index (χ2n) is 5.53. The predicted octanol–water partition coefficient (Wildman–Crippen LogP) is 0.631. The van der Waals surface area contributed by atoms with Crippen molar-refractivity contribution in [2.75, 3.05) is 0 Å². The van der Waals surface area contributed by atoms with Crippen LogP contribution in [0, 0.1) is 5.82 Å². The first-order chi connectivity index (χ1) is 12.7. The minimum Gasteiger partial charge on any atom is -0.340 e. The minimum absolute atomic E-state index is 0.305. The molecule has 0 fully saturated rings. The van der Waals surface area contributed by atoms with E-state index < -0.39 is 32.3 Å². The zero-order chi connectivity index (χ0) is 19.8. The summed E-state index contributed by atoms with van der Waals surface area (Å²) in [6.45, 7) is 0. The van der Waals surface area contributed by atoms with Crippen molar-refractivity contribution in [1.82, 2.24) is 34.8 Å². The molecule has 13 heteroatoms. The average Bonchev–Trinajstić information content (AvgIpc) is 3.24. The van der Waals surface area contributed by atoms with Gasteiger partial charge in [0.2, 0.25) is 5.03 Å². The van der Waals surface area contributed by atoms with E-state index in [1.165, 1.54) is 30.2 Å². The highest BCUT2D eigenvalue weighted by Crippen LogP contribution is 2.27. The number of carbonyl (C=O) groups is 1. The van der Waals surface area contributed by atoms with E-state index in [-0.39, 0.29) is 5.02 Å². The number of halogens is 2. The molecule has 0 aliphatic heterocycles. The molecule has 0 radical (unpaired) electrons. The molecule has 1 aromatic carbocycles. The number of aryl methyl sites for hydroxylation is 2. The van der Waals surface area contributed by atoms with Crippen LogP contribution in [0.15, 0.2) is 35.9 Å². The summed E-state index contributed by atoms with van der Waals surface area (Å²) >= 11 is 5.86. The molecule has 1 amide bonds. The highest BCUT2D eigenvalue weighted by molar-refractivity contribution is 7.89. The Bertz CT molecular complexity index is 1130. The van der Waals surface area contributed by atoms with E-state index in [2.05, 4.69) is 15.3 Å². The number of sulfonamides is 1. The molecule has 27 heavy (non-hydrogen) atoms. The quantitative estimate of drug-likeness (QED) is 0.591. The van der Waals surface area contributed by atoms with Gasteiger partial charge in [0.05, 0.1) is 28.8 Å². The number of hydrogen-bond donors (Lipinski definition) is 2. The van der Waals surface area contributed by atoms with E-state index in [9.17, 15) is 17.6 Å². The molecule has 0 unspecified atom stereocenters. The van der Waals surface area contributed by atoms with Crippen LogP contribution in [0.25, 0.3) is 11.3 Å². The maximum atomic E-state index is 14.3. The second-order valence-corrected chi connectivity index (χ2v) is 7.57. The van der Waals surface area contributed by atoms with Crippen molar-refractivity contribution >= 4 is 27.5 Å². The van der Waals surface area contributed by atoms with Crippen LogP contribution in [-0.2, 0) is 24.1 Å². The SMILES string of the molecule is Cn1cnc(-c2cc(Cl)c(F)c(C(=O)NNS(=O)(=O)c3cn(C)nn3)c2)c1. The van der Waals surface area contributed by atoms with Crippen molar-refractivity contribution < 1.29 is 17.6 Å². The average molecular weight is 414 g/mol. The summed E-state index contributed by atoms with van der Waals surface area (Å²) in [5.41, 5.74) is 2.33. The van der Waals surface area contributed by atoms with Gasteiger partial charge in [-0.2, -0.15) is 0 Å². The van der Waals surface area contributed by atoms with Gasteiger partial charge in [-0.05, 0) is 12.1 Å². The fourth-order valence-corrected chi connectivity index (χ4v) is 3.13. The third-order valence-electron chi connectivity index (χ3n) is 3.43. The number of aromatic nitrogens is 5. The summed E-state index contributed by atoms with van der Waals surface area (Å²) in [4.78, 5) is 18.2. The van der Waals surface area contributed by atoms with E-state index in [0.717, 1.165) is 6.20 Å². The number of amides is 1. The number of rotatable bonds is 5. The molecule has 0 saturated heterocycles. The molecular formula is C14H13ClFN7O3S. The molecule has 2 aromatic heterocycles. The lowest BCUT2D eigenvalue weighted by molar-refractivity contribution is 0.0941. The molecule has 0 bridgehead atoms. The van der Waals surface area contributed by atoms with Crippen molar-refractivity contribution in [2.24, 2.45) is 14.1 Å². The topological polar surface area (TPSA) is 124 Å². The van der Waals surface area contributed by atoms with Crippen LogP contribution >= 0.6 is 11.6 Å². The maximum Gasteiger partial charge on any atom is 0.278 e. The highest BCUT2D eigenvalue weighted by Gasteiger charge is 2.22. The Morgan fingerprint density at radius 1 is 1.26 bits per heavy atom. The Morgan fingerprint density at radius 3 is 2.59 bits per heavy atom. The Morgan fingerprint density at radius 2 is 2.00 bits per heavy atom. The zero-order valence-corrected chi connectivity index (χ0v) is 15.6. The van der Waals surface area contributed by atoms with E-state index >= 15 is 0 Å².